The van der Waals surface area contributed by atoms with Crippen molar-refractivity contribution >= 4 is 37.7 Å². The van der Waals surface area contributed by atoms with E-state index in [0.29, 0.717) is 0 Å². The fraction of sp³-hybridized carbons (Fsp3) is 0.188. The lowest BCUT2D eigenvalue weighted by atomic mass is 10.2. The molecule has 3 aromatic heterocycles. The van der Waals surface area contributed by atoms with Gasteiger partial charge >= 0.3 is 0 Å². The Balaban J connectivity index is 1.71. The lowest BCUT2D eigenvalue weighted by molar-refractivity contribution is 0.888. The molecule has 0 amide bonds. The second-order valence-electron chi connectivity index (χ2n) is 5.25. The predicted molar refractivity (Wildman–Crippen MR) is 85.9 cm³/mol. The zero-order chi connectivity index (χ0) is 13.1. The third-order valence-corrected chi connectivity index (χ3v) is 6.29. The average Bonchev–Trinajstić information content (AvgIpc) is 3.17. The van der Waals surface area contributed by atoms with Crippen molar-refractivity contribution < 1.29 is 0 Å². The first kappa shape index (κ1) is 11.1. The number of fused-ring (bicyclic) bond motifs is 4. The van der Waals surface area contributed by atoms with Gasteiger partial charge in [0, 0.05) is 21.5 Å². The number of thiophene rings is 1. The Hall–Kier alpha value is -1.65. The Kier molecular flexibility index (Phi) is 2.17. The maximum atomic E-state index is 4.83. The number of thiazole rings is 1. The van der Waals surface area contributed by atoms with Gasteiger partial charge < -0.3 is 0 Å². The summed E-state index contributed by atoms with van der Waals surface area (Å²) in [6.45, 7) is 0. The molecular weight excluding hydrogens is 284 g/mol. The minimum atomic E-state index is 1.12. The van der Waals surface area contributed by atoms with Crippen molar-refractivity contribution in [2.45, 2.75) is 19.3 Å². The largest absolute Gasteiger partial charge is 0.294 e. The first-order valence-corrected chi connectivity index (χ1v) is 8.50. The molecule has 0 spiro atoms. The van der Waals surface area contributed by atoms with Crippen molar-refractivity contribution in [3.63, 3.8) is 0 Å². The number of benzene rings is 1. The highest BCUT2D eigenvalue weighted by molar-refractivity contribution is 7.22. The molecule has 0 saturated carbocycles. The summed E-state index contributed by atoms with van der Waals surface area (Å²) >= 11 is 3.70. The summed E-state index contributed by atoms with van der Waals surface area (Å²) < 4.78 is 3.65. The molecule has 0 atom stereocenters. The van der Waals surface area contributed by atoms with Gasteiger partial charge in [0.1, 0.15) is 5.69 Å². The Labute approximate surface area is 124 Å². The van der Waals surface area contributed by atoms with E-state index in [-0.39, 0.29) is 0 Å². The van der Waals surface area contributed by atoms with Crippen molar-refractivity contribution in [2.24, 2.45) is 0 Å². The van der Waals surface area contributed by atoms with Crippen LogP contribution >= 0.6 is 22.7 Å². The number of hydrogen-bond donors (Lipinski definition) is 0. The molecule has 1 aliphatic rings. The zero-order valence-corrected chi connectivity index (χ0v) is 12.4. The number of aromatic nitrogens is 2. The highest BCUT2D eigenvalue weighted by Crippen LogP contribution is 2.36. The Morgan fingerprint density at radius 1 is 1.10 bits per heavy atom. The van der Waals surface area contributed by atoms with Gasteiger partial charge in [0.05, 0.1) is 4.88 Å². The van der Waals surface area contributed by atoms with Gasteiger partial charge in [0.15, 0.2) is 4.96 Å². The minimum Gasteiger partial charge on any atom is -0.294 e. The Bertz CT molecular complexity index is 909. The van der Waals surface area contributed by atoms with Gasteiger partial charge in [-0.05, 0) is 36.8 Å². The van der Waals surface area contributed by atoms with Gasteiger partial charge in [0.2, 0.25) is 0 Å². The number of nitrogens with zero attached hydrogens (tertiary/aromatic N) is 2. The molecule has 5 rings (SSSR count). The van der Waals surface area contributed by atoms with E-state index in [9.17, 15) is 0 Å². The van der Waals surface area contributed by atoms with Crippen LogP contribution in [-0.2, 0) is 12.8 Å². The molecule has 0 saturated heterocycles. The highest BCUT2D eigenvalue weighted by Gasteiger charge is 2.20. The van der Waals surface area contributed by atoms with Crippen molar-refractivity contribution in [2.75, 3.05) is 0 Å². The number of rotatable bonds is 1. The van der Waals surface area contributed by atoms with Gasteiger partial charge in [-0.1, -0.05) is 18.2 Å². The van der Waals surface area contributed by atoms with Crippen LogP contribution in [0.1, 0.15) is 17.0 Å². The summed E-state index contributed by atoms with van der Waals surface area (Å²) in [6.07, 6.45) is 5.97. The van der Waals surface area contributed by atoms with Crippen LogP contribution in [0.25, 0.3) is 25.6 Å². The molecule has 20 heavy (non-hydrogen) atoms. The summed E-state index contributed by atoms with van der Waals surface area (Å²) in [7, 11) is 0. The molecule has 98 valence electrons. The van der Waals surface area contributed by atoms with Crippen LogP contribution in [0.2, 0.25) is 0 Å². The van der Waals surface area contributed by atoms with Crippen LogP contribution in [-0.4, -0.2) is 9.38 Å². The molecule has 1 aliphatic carbocycles. The molecule has 0 radical (unpaired) electrons. The van der Waals surface area contributed by atoms with Gasteiger partial charge in [-0.25, -0.2) is 4.98 Å². The first-order valence-electron chi connectivity index (χ1n) is 6.87. The smallest absolute Gasteiger partial charge is 0.194 e. The number of imidazole rings is 1. The van der Waals surface area contributed by atoms with E-state index in [4.69, 9.17) is 4.98 Å². The molecule has 1 aromatic carbocycles. The lowest BCUT2D eigenvalue weighted by Crippen LogP contribution is -1.84. The standard InChI is InChI=1S/C16H12N2S2/c1-2-6-13-10(4-1)8-15(19-13)11-9-18-12-5-3-7-14(12)20-16(18)17-11/h1-2,4,6,8-9H,3,5,7H2. The van der Waals surface area contributed by atoms with Crippen molar-refractivity contribution in [3.8, 4) is 10.6 Å². The number of aryl methyl sites for hydroxylation is 2. The molecule has 4 heteroatoms. The molecule has 0 fully saturated rings. The molecule has 2 nitrogen and oxygen atoms in total. The third kappa shape index (κ3) is 1.46. The summed E-state index contributed by atoms with van der Waals surface area (Å²) in [5, 5.41) is 1.31. The topological polar surface area (TPSA) is 17.3 Å². The quantitative estimate of drug-likeness (QED) is 0.495. The lowest BCUT2D eigenvalue weighted by Gasteiger charge is -1.90. The second-order valence-corrected chi connectivity index (χ2v) is 7.40. The third-order valence-electron chi connectivity index (χ3n) is 4.00. The SMILES string of the molecule is c1ccc2sc(-c3cn4c5c(sc4n3)CCC5)cc2c1. The van der Waals surface area contributed by atoms with E-state index in [1.54, 1.807) is 0 Å². The zero-order valence-electron chi connectivity index (χ0n) is 10.8. The van der Waals surface area contributed by atoms with E-state index in [2.05, 4.69) is 40.9 Å². The molecule has 3 heterocycles. The average molecular weight is 296 g/mol. The fourth-order valence-corrected chi connectivity index (χ4v) is 5.24. The van der Waals surface area contributed by atoms with Crippen molar-refractivity contribution in [1.82, 2.24) is 9.38 Å². The van der Waals surface area contributed by atoms with Crippen LogP contribution in [0.15, 0.2) is 36.5 Å². The molecule has 0 aliphatic heterocycles. The summed E-state index contributed by atoms with van der Waals surface area (Å²) in [6, 6.07) is 10.8. The Morgan fingerprint density at radius 3 is 3.00 bits per heavy atom. The minimum absolute atomic E-state index is 1.12. The van der Waals surface area contributed by atoms with Gasteiger partial charge in [-0.3, -0.25) is 4.40 Å². The summed E-state index contributed by atoms with van der Waals surface area (Å²) in [4.78, 5) is 8.80. The van der Waals surface area contributed by atoms with Crippen LogP contribution in [0.4, 0.5) is 0 Å². The fourth-order valence-electron chi connectivity index (χ4n) is 3.03. The van der Waals surface area contributed by atoms with Crippen molar-refractivity contribution in [1.29, 1.82) is 0 Å². The number of hydrogen-bond acceptors (Lipinski definition) is 3. The highest BCUT2D eigenvalue weighted by atomic mass is 32.1. The first-order chi connectivity index (χ1) is 9.88. The van der Waals surface area contributed by atoms with Gasteiger partial charge in [-0.15, -0.1) is 22.7 Å². The molecule has 0 bridgehead atoms. The Morgan fingerprint density at radius 2 is 2.05 bits per heavy atom. The normalized spacial score (nSPS) is 14.4. The van der Waals surface area contributed by atoms with E-state index in [1.807, 2.05) is 22.7 Å². The second kappa shape index (κ2) is 3.93. The van der Waals surface area contributed by atoms with Crippen LogP contribution < -0.4 is 0 Å². The van der Waals surface area contributed by atoms with E-state index >= 15 is 0 Å². The van der Waals surface area contributed by atoms with Gasteiger partial charge in [-0.2, -0.15) is 0 Å². The monoisotopic (exact) mass is 296 g/mol. The maximum absolute atomic E-state index is 4.83. The van der Waals surface area contributed by atoms with E-state index in [0.717, 1.165) is 10.7 Å². The summed E-state index contributed by atoms with van der Waals surface area (Å²) in [5.74, 6) is 0. The van der Waals surface area contributed by atoms with Gasteiger partial charge in [0.25, 0.3) is 0 Å². The predicted octanol–water partition coefficient (Wildman–Crippen LogP) is 4.77. The van der Waals surface area contributed by atoms with Crippen molar-refractivity contribution in [3.05, 3.63) is 47.1 Å². The molecule has 0 unspecified atom stereocenters. The maximum Gasteiger partial charge on any atom is 0.194 e. The van der Waals surface area contributed by atoms with Crippen LogP contribution in [0, 0.1) is 0 Å². The van der Waals surface area contributed by atoms with Crippen LogP contribution in [0.3, 0.4) is 0 Å². The van der Waals surface area contributed by atoms with E-state index < -0.39 is 0 Å². The van der Waals surface area contributed by atoms with Crippen LogP contribution in [0.5, 0.6) is 0 Å². The summed E-state index contributed by atoms with van der Waals surface area (Å²) in [5.41, 5.74) is 2.61. The molecular formula is C16H12N2S2. The molecule has 0 N–H and O–H groups in total. The molecule has 4 aromatic rings. The van der Waals surface area contributed by atoms with E-state index in [1.165, 1.54) is 44.8 Å².